The first kappa shape index (κ1) is 13.8. The number of aromatic nitrogens is 1. The third kappa shape index (κ3) is 3.90. The molecule has 0 saturated heterocycles. The van der Waals surface area contributed by atoms with Gasteiger partial charge in [0.05, 0.1) is 7.11 Å². The number of halogens is 1. The molecule has 0 bridgehead atoms. The lowest BCUT2D eigenvalue weighted by molar-refractivity contribution is -0.111. The van der Waals surface area contributed by atoms with E-state index in [1.165, 1.54) is 17.4 Å². The van der Waals surface area contributed by atoms with Gasteiger partial charge in [0.1, 0.15) is 5.75 Å². The summed E-state index contributed by atoms with van der Waals surface area (Å²) in [4.78, 5) is 15.7. The van der Waals surface area contributed by atoms with Gasteiger partial charge in [-0.05, 0) is 24.3 Å². The van der Waals surface area contributed by atoms with E-state index in [1.54, 1.807) is 24.8 Å². The van der Waals surface area contributed by atoms with Crippen LogP contribution in [-0.4, -0.2) is 18.0 Å². The van der Waals surface area contributed by atoms with Gasteiger partial charge in [0.25, 0.3) is 0 Å². The minimum Gasteiger partial charge on any atom is -0.496 e. The molecule has 6 heteroatoms. The topological polar surface area (TPSA) is 51.2 Å². The van der Waals surface area contributed by atoms with Crippen molar-refractivity contribution < 1.29 is 9.53 Å². The monoisotopic (exact) mass is 338 g/mol. The molecular formula is C13H11BrN2O2S. The zero-order valence-corrected chi connectivity index (χ0v) is 12.5. The van der Waals surface area contributed by atoms with Crippen molar-refractivity contribution in [1.29, 1.82) is 0 Å². The first-order valence-electron chi connectivity index (χ1n) is 5.41. The van der Waals surface area contributed by atoms with Crippen LogP contribution in [0.1, 0.15) is 5.56 Å². The number of ether oxygens (including phenoxy) is 1. The number of rotatable bonds is 4. The molecule has 0 aliphatic carbocycles. The van der Waals surface area contributed by atoms with E-state index >= 15 is 0 Å². The maximum Gasteiger partial charge on any atom is 0.250 e. The van der Waals surface area contributed by atoms with E-state index in [4.69, 9.17) is 4.74 Å². The van der Waals surface area contributed by atoms with Crippen molar-refractivity contribution in [2.45, 2.75) is 0 Å². The number of methoxy groups -OCH3 is 1. The number of hydrogen-bond donors (Lipinski definition) is 1. The standard InChI is InChI=1S/C13H11BrN2O2S/c1-18-11-4-3-10(14)8-9(11)2-5-12(17)16-13-15-6-7-19-13/h2-8H,1H3,(H,15,16,17)/b5-2+. The molecule has 0 atom stereocenters. The third-order valence-electron chi connectivity index (χ3n) is 2.27. The summed E-state index contributed by atoms with van der Waals surface area (Å²) in [7, 11) is 1.59. The summed E-state index contributed by atoms with van der Waals surface area (Å²) in [5, 5.41) is 5.06. The lowest BCUT2D eigenvalue weighted by Crippen LogP contribution is -2.07. The number of hydrogen-bond acceptors (Lipinski definition) is 4. The number of nitrogens with zero attached hydrogens (tertiary/aromatic N) is 1. The Balaban J connectivity index is 2.09. The van der Waals surface area contributed by atoms with Gasteiger partial charge >= 0.3 is 0 Å². The third-order valence-corrected chi connectivity index (χ3v) is 3.45. The molecule has 0 spiro atoms. The predicted octanol–water partition coefficient (Wildman–Crippen LogP) is 3.57. The molecule has 0 radical (unpaired) electrons. The van der Waals surface area contributed by atoms with E-state index < -0.39 is 0 Å². The van der Waals surface area contributed by atoms with Gasteiger partial charge in [0.2, 0.25) is 5.91 Å². The van der Waals surface area contributed by atoms with Crippen molar-refractivity contribution in [2.24, 2.45) is 0 Å². The Hall–Kier alpha value is -1.66. The van der Waals surface area contributed by atoms with Crippen molar-refractivity contribution in [2.75, 3.05) is 12.4 Å². The van der Waals surface area contributed by atoms with Gasteiger partial charge in [-0.1, -0.05) is 15.9 Å². The normalized spacial score (nSPS) is 10.6. The maximum atomic E-state index is 11.7. The Labute approximate surface area is 123 Å². The average Bonchev–Trinajstić information content (AvgIpc) is 2.89. The van der Waals surface area contributed by atoms with Gasteiger partial charge < -0.3 is 4.74 Å². The Morgan fingerprint density at radius 2 is 2.37 bits per heavy atom. The molecule has 2 rings (SSSR count). The molecule has 0 aliphatic rings. The molecule has 1 aromatic heterocycles. The zero-order valence-electron chi connectivity index (χ0n) is 10.1. The van der Waals surface area contributed by atoms with Crippen LogP contribution in [0.5, 0.6) is 5.75 Å². The van der Waals surface area contributed by atoms with Crippen LogP contribution in [0, 0.1) is 0 Å². The Bertz CT molecular complexity index is 597. The van der Waals surface area contributed by atoms with Crippen LogP contribution in [-0.2, 0) is 4.79 Å². The molecule has 0 fully saturated rings. The lowest BCUT2D eigenvalue weighted by Gasteiger charge is -2.04. The van der Waals surface area contributed by atoms with Crippen LogP contribution in [0.2, 0.25) is 0 Å². The first-order chi connectivity index (χ1) is 9.19. The quantitative estimate of drug-likeness (QED) is 0.867. The fourth-order valence-corrected chi connectivity index (χ4v) is 2.34. The van der Waals surface area contributed by atoms with E-state index in [2.05, 4.69) is 26.2 Å². The molecule has 1 N–H and O–H groups in total. The lowest BCUT2D eigenvalue weighted by atomic mass is 10.2. The van der Waals surface area contributed by atoms with Crippen molar-refractivity contribution in [3.63, 3.8) is 0 Å². The van der Waals surface area contributed by atoms with E-state index in [1.807, 2.05) is 18.2 Å². The summed E-state index contributed by atoms with van der Waals surface area (Å²) in [6.07, 6.45) is 4.79. The van der Waals surface area contributed by atoms with E-state index in [0.717, 1.165) is 10.0 Å². The molecule has 0 aliphatic heterocycles. The summed E-state index contributed by atoms with van der Waals surface area (Å²) in [5.41, 5.74) is 0.825. The van der Waals surface area contributed by atoms with Gasteiger partial charge in [-0.25, -0.2) is 4.98 Å². The largest absolute Gasteiger partial charge is 0.496 e. The van der Waals surface area contributed by atoms with Gasteiger partial charge in [0, 0.05) is 27.7 Å². The number of carbonyl (C=O) groups is 1. The van der Waals surface area contributed by atoms with Crippen molar-refractivity contribution in [3.05, 3.63) is 45.9 Å². The summed E-state index contributed by atoms with van der Waals surface area (Å²) in [6, 6.07) is 5.60. The van der Waals surface area contributed by atoms with E-state index in [0.29, 0.717) is 10.9 Å². The number of thiazole rings is 1. The van der Waals surface area contributed by atoms with Crippen LogP contribution >= 0.6 is 27.3 Å². The highest BCUT2D eigenvalue weighted by atomic mass is 79.9. The summed E-state index contributed by atoms with van der Waals surface area (Å²) in [5.74, 6) is 0.485. The van der Waals surface area contributed by atoms with Crippen molar-refractivity contribution >= 4 is 44.4 Å². The van der Waals surface area contributed by atoms with Gasteiger partial charge in [-0.2, -0.15) is 0 Å². The molecule has 1 aromatic carbocycles. The van der Waals surface area contributed by atoms with Gasteiger partial charge in [-0.15, -0.1) is 11.3 Å². The van der Waals surface area contributed by atoms with Crippen LogP contribution < -0.4 is 10.1 Å². The summed E-state index contributed by atoms with van der Waals surface area (Å²) >= 11 is 4.76. The second-order valence-electron chi connectivity index (χ2n) is 3.55. The molecule has 0 saturated carbocycles. The molecule has 2 aromatic rings. The zero-order chi connectivity index (χ0) is 13.7. The maximum absolute atomic E-state index is 11.7. The number of carbonyl (C=O) groups excluding carboxylic acids is 1. The average molecular weight is 339 g/mol. The molecule has 19 heavy (non-hydrogen) atoms. The Morgan fingerprint density at radius 1 is 1.53 bits per heavy atom. The summed E-state index contributed by atoms with van der Waals surface area (Å²) in [6.45, 7) is 0. The summed E-state index contributed by atoms with van der Waals surface area (Å²) < 4.78 is 6.15. The fourth-order valence-electron chi connectivity index (χ4n) is 1.43. The van der Waals surface area contributed by atoms with Crippen LogP contribution in [0.3, 0.4) is 0 Å². The SMILES string of the molecule is COc1ccc(Br)cc1/C=C/C(=O)Nc1nccs1. The molecule has 1 heterocycles. The van der Waals surface area contributed by atoms with Crippen LogP contribution in [0.4, 0.5) is 5.13 Å². The highest BCUT2D eigenvalue weighted by Gasteiger charge is 2.02. The minimum atomic E-state index is -0.225. The Morgan fingerprint density at radius 3 is 3.05 bits per heavy atom. The molecular weight excluding hydrogens is 328 g/mol. The van der Waals surface area contributed by atoms with E-state index in [-0.39, 0.29) is 5.91 Å². The number of nitrogens with one attached hydrogen (secondary N) is 1. The molecule has 98 valence electrons. The van der Waals surface area contributed by atoms with Gasteiger partial charge in [0.15, 0.2) is 5.13 Å². The molecule has 1 amide bonds. The van der Waals surface area contributed by atoms with Crippen LogP contribution in [0.25, 0.3) is 6.08 Å². The second-order valence-corrected chi connectivity index (χ2v) is 5.36. The predicted molar refractivity (Wildman–Crippen MR) is 80.5 cm³/mol. The molecule has 0 unspecified atom stereocenters. The Kier molecular flexibility index (Phi) is 4.70. The number of benzene rings is 1. The van der Waals surface area contributed by atoms with E-state index in [9.17, 15) is 4.79 Å². The number of amides is 1. The first-order valence-corrected chi connectivity index (χ1v) is 7.08. The minimum absolute atomic E-state index is 0.225. The number of anilines is 1. The van der Waals surface area contributed by atoms with Crippen molar-refractivity contribution in [1.82, 2.24) is 4.98 Å². The van der Waals surface area contributed by atoms with Crippen molar-refractivity contribution in [3.8, 4) is 5.75 Å². The van der Waals surface area contributed by atoms with Crippen LogP contribution in [0.15, 0.2) is 40.3 Å². The fraction of sp³-hybridized carbons (Fsp3) is 0.0769. The highest BCUT2D eigenvalue weighted by Crippen LogP contribution is 2.24. The smallest absolute Gasteiger partial charge is 0.250 e. The van der Waals surface area contributed by atoms with Gasteiger partial charge in [-0.3, -0.25) is 10.1 Å². The molecule has 4 nitrogen and oxygen atoms in total. The highest BCUT2D eigenvalue weighted by molar-refractivity contribution is 9.10. The second kappa shape index (κ2) is 6.49.